The number of aromatic nitrogens is 3. The van der Waals surface area contributed by atoms with Gasteiger partial charge in [0.1, 0.15) is 0 Å². The first kappa shape index (κ1) is 23.0. The molecule has 3 rings (SSSR count). The molecule has 0 saturated heterocycles. The van der Waals surface area contributed by atoms with E-state index in [1.165, 1.54) is 0 Å². The fourth-order valence-corrected chi connectivity index (χ4v) is 3.24. The lowest BCUT2D eigenvalue weighted by Gasteiger charge is -2.25. The van der Waals surface area contributed by atoms with E-state index in [-0.39, 0.29) is 36.1 Å². The minimum atomic E-state index is -0.304. The molecule has 5 N–H and O–H groups in total. The Morgan fingerprint density at radius 2 is 1.93 bits per heavy atom. The Kier molecular flexibility index (Phi) is 8.48. The smallest absolute Gasteiger partial charge is 0.290 e. The maximum atomic E-state index is 12.5. The summed E-state index contributed by atoms with van der Waals surface area (Å²) in [5.74, 6) is -0.353. The van der Waals surface area contributed by atoms with Crippen molar-refractivity contribution in [2.24, 2.45) is 5.73 Å². The highest BCUT2D eigenvalue weighted by molar-refractivity contribution is 6.03. The predicted octanol–water partition coefficient (Wildman–Crippen LogP) is 2.33. The third-order valence-corrected chi connectivity index (χ3v) is 4.94. The van der Waals surface area contributed by atoms with Crippen LogP contribution in [0, 0.1) is 6.92 Å². The second-order valence-electron chi connectivity index (χ2n) is 7.14. The van der Waals surface area contributed by atoms with Crippen molar-refractivity contribution in [2.45, 2.75) is 58.0 Å². The van der Waals surface area contributed by atoms with Crippen LogP contribution in [-0.4, -0.2) is 44.4 Å². The molecule has 0 unspecified atom stereocenters. The SMILES string of the molecule is CCC(=O)Nc1ccc(NC(=O)c2cn(C3CCC(N)CC3)nn2)c(C)c1.O=CO. The molecule has 1 saturated carbocycles. The van der Waals surface area contributed by atoms with Gasteiger partial charge in [0.05, 0.1) is 12.2 Å². The van der Waals surface area contributed by atoms with Gasteiger partial charge in [-0.05, 0) is 56.4 Å². The summed E-state index contributed by atoms with van der Waals surface area (Å²) in [7, 11) is 0. The molecular weight excluding hydrogens is 388 g/mol. The van der Waals surface area contributed by atoms with Crippen LogP contribution in [0.5, 0.6) is 0 Å². The molecule has 1 aromatic carbocycles. The summed E-state index contributed by atoms with van der Waals surface area (Å²) in [5, 5.41) is 20.7. The van der Waals surface area contributed by atoms with Gasteiger partial charge in [0, 0.05) is 23.8 Å². The van der Waals surface area contributed by atoms with E-state index in [2.05, 4.69) is 20.9 Å². The number of carbonyl (C=O) groups excluding carboxylic acids is 2. The zero-order chi connectivity index (χ0) is 22.1. The highest BCUT2D eigenvalue weighted by Crippen LogP contribution is 2.27. The highest BCUT2D eigenvalue weighted by atomic mass is 16.3. The molecule has 0 aliphatic heterocycles. The Morgan fingerprint density at radius 3 is 2.53 bits per heavy atom. The number of carbonyl (C=O) groups is 3. The molecule has 1 heterocycles. The van der Waals surface area contributed by atoms with E-state index in [0.29, 0.717) is 17.8 Å². The lowest BCUT2D eigenvalue weighted by Crippen LogP contribution is -2.28. The Hall–Kier alpha value is -3.27. The maximum absolute atomic E-state index is 12.5. The Bertz CT molecular complexity index is 874. The van der Waals surface area contributed by atoms with Crippen molar-refractivity contribution in [2.75, 3.05) is 10.6 Å². The zero-order valence-corrected chi connectivity index (χ0v) is 17.2. The standard InChI is InChI=1S/C19H26N6O2.CH2O2/c1-3-18(26)21-14-6-9-16(12(2)10-14)22-19(27)17-11-25(24-23-17)15-7-4-13(20)5-8-15;2-1-3/h6,9-11,13,15H,3-5,7-8,20H2,1-2H3,(H,21,26)(H,22,27);1H,(H,2,3). The zero-order valence-electron chi connectivity index (χ0n) is 17.2. The van der Waals surface area contributed by atoms with E-state index in [1.54, 1.807) is 29.9 Å². The molecule has 10 nitrogen and oxygen atoms in total. The van der Waals surface area contributed by atoms with Gasteiger partial charge in [0.15, 0.2) is 5.69 Å². The van der Waals surface area contributed by atoms with E-state index in [4.69, 9.17) is 15.6 Å². The number of hydrogen-bond donors (Lipinski definition) is 4. The summed E-state index contributed by atoms with van der Waals surface area (Å²) in [6.45, 7) is 3.42. The van der Waals surface area contributed by atoms with E-state index >= 15 is 0 Å². The van der Waals surface area contributed by atoms with Gasteiger partial charge in [-0.15, -0.1) is 5.10 Å². The monoisotopic (exact) mass is 416 g/mol. The first-order valence-electron chi connectivity index (χ1n) is 9.85. The summed E-state index contributed by atoms with van der Waals surface area (Å²) < 4.78 is 1.77. The van der Waals surface area contributed by atoms with E-state index in [9.17, 15) is 9.59 Å². The Morgan fingerprint density at radius 1 is 1.27 bits per heavy atom. The quantitative estimate of drug-likeness (QED) is 0.546. The number of amides is 2. The number of benzene rings is 1. The van der Waals surface area contributed by atoms with Crippen LogP contribution < -0.4 is 16.4 Å². The molecule has 0 bridgehead atoms. The van der Waals surface area contributed by atoms with Crippen molar-refractivity contribution in [3.8, 4) is 0 Å². The number of aryl methyl sites for hydroxylation is 1. The Labute approximate surface area is 174 Å². The van der Waals surface area contributed by atoms with E-state index in [1.807, 2.05) is 13.0 Å². The minimum Gasteiger partial charge on any atom is -0.483 e. The first-order chi connectivity index (χ1) is 14.4. The van der Waals surface area contributed by atoms with Crippen molar-refractivity contribution < 1.29 is 19.5 Å². The molecule has 1 fully saturated rings. The molecule has 10 heteroatoms. The van der Waals surface area contributed by atoms with Gasteiger partial charge in [-0.2, -0.15) is 0 Å². The molecule has 162 valence electrons. The van der Waals surface area contributed by atoms with Crippen LogP contribution in [0.4, 0.5) is 11.4 Å². The van der Waals surface area contributed by atoms with Gasteiger partial charge < -0.3 is 21.5 Å². The molecule has 0 radical (unpaired) electrons. The number of nitrogens with one attached hydrogen (secondary N) is 2. The van der Waals surface area contributed by atoms with Crippen molar-refractivity contribution in [3.63, 3.8) is 0 Å². The second-order valence-corrected chi connectivity index (χ2v) is 7.14. The topological polar surface area (TPSA) is 152 Å². The summed E-state index contributed by atoms with van der Waals surface area (Å²) in [6, 6.07) is 5.87. The number of rotatable bonds is 5. The van der Waals surface area contributed by atoms with E-state index in [0.717, 1.165) is 31.2 Å². The summed E-state index contributed by atoms with van der Waals surface area (Å²) >= 11 is 0. The lowest BCUT2D eigenvalue weighted by atomic mass is 9.92. The van der Waals surface area contributed by atoms with Crippen LogP contribution in [0.2, 0.25) is 0 Å². The fourth-order valence-electron chi connectivity index (χ4n) is 3.24. The molecule has 0 spiro atoms. The average Bonchev–Trinajstić information content (AvgIpc) is 3.21. The van der Waals surface area contributed by atoms with Crippen molar-refractivity contribution in [1.29, 1.82) is 0 Å². The van der Waals surface area contributed by atoms with Gasteiger partial charge in [-0.3, -0.25) is 14.4 Å². The first-order valence-corrected chi connectivity index (χ1v) is 9.85. The van der Waals surface area contributed by atoms with Crippen LogP contribution in [0.25, 0.3) is 0 Å². The normalized spacial score (nSPS) is 18.0. The molecular formula is C20H28N6O4. The van der Waals surface area contributed by atoms with Gasteiger partial charge >= 0.3 is 0 Å². The van der Waals surface area contributed by atoms with Crippen LogP contribution in [0.3, 0.4) is 0 Å². The summed E-state index contributed by atoms with van der Waals surface area (Å²) in [6.07, 6.45) is 5.95. The highest BCUT2D eigenvalue weighted by Gasteiger charge is 2.22. The lowest BCUT2D eigenvalue weighted by molar-refractivity contribution is -0.123. The number of nitrogens with zero attached hydrogens (tertiary/aromatic N) is 3. The third kappa shape index (κ3) is 6.38. The van der Waals surface area contributed by atoms with Crippen molar-refractivity contribution in [1.82, 2.24) is 15.0 Å². The number of nitrogens with two attached hydrogens (primary N) is 1. The predicted molar refractivity (Wildman–Crippen MR) is 112 cm³/mol. The third-order valence-electron chi connectivity index (χ3n) is 4.94. The minimum absolute atomic E-state index is 0.0496. The Balaban J connectivity index is 0.00000101. The van der Waals surface area contributed by atoms with Crippen LogP contribution in [0.15, 0.2) is 24.4 Å². The van der Waals surface area contributed by atoms with Crippen LogP contribution in [-0.2, 0) is 9.59 Å². The van der Waals surface area contributed by atoms with Crippen molar-refractivity contribution in [3.05, 3.63) is 35.7 Å². The van der Waals surface area contributed by atoms with Crippen LogP contribution >= 0.6 is 0 Å². The molecule has 2 aromatic rings. The average molecular weight is 416 g/mol. The second kappa shape index (κ2) is 11.1. The molecule has 1 aliphatic carbocycles. The number of carboxylic acid groups (broad SMARTS) is 1. The van der Waals surface area contributed by atoms with Gasteiger partial charge in [-0.1, -0.05) is 12.1 Å². The largest absolute Gasteiger partial charge is 0.483 e. The summed E-state index contributed by atoms with van der Waals surface area (Å²) in [5.41, 5.74) is 8.46. The van der Waals surface area contributed by atoms with Crippen LogP contribution in [0.1, 0.15) is 61.1 Å². The summed E-state index contributed by atoms with van der Waals surface area (Å²) in [4.78, 5) is 32.4. The number of hydrogen-bond acceptors (Lipinski definition) is 6. The molecule has 2 amide bonds. The van der Waals surface area contributed by atoms with Gasteiger partial charge in [-0.25, -0.2) is 4.68 Å². The molecule has 30 heavy (non-hydrogen) atoms. The molecule has 0 atom stereocenters. The number of anilines is 2. The fraction of sp³-hybridized carbons (Fsp3) is 0.450. The molecule has 1 aromatic heterocycles. The van der Waals surface area contributed by atoms with Gasteiger partial charge in [0.25, 0.3) is 12.4 Å². The van der Waals surface area contributed by atoms with E-state index < -0.39 is 0 Å². The molecule has 1 aliphatic rings. The van der Waals surface area contributed by atoms with Gasteiger partial charge in [0.2, 0.25) is 5.91 Å². The maximum Gasteiger partial charge on any atom is 0.290 e. The van der Waals surface area contributed by atoms with Crippen molar-refractivity contribution >= 4 is 29.7 Å².